The topological polar surface area (TPSA) is 125 Å². The molecule has 9 nitrogen and oxygen atoms in total. The predicted molar refractivity (Wildman–Crippen MR) is 60.2 cm³/mol. The van der Waals surface area contributed by atoms with Crippen LogP contribution >= 0.6 is 0 Å². The smallest absolute Gasteiger partial charge is 0.176 e. The number of nitrogens with one attached hydrogen (secondary N) is 1. The second-order valence-corrected chi connectivity index (χ2v) is 3.73. The number of hydrazine groups is 1. The van der Waals surface area contributed by atoms with Gasteiger partial charge in [-0.15, -0.1) is 10.2 Å². The van der Waals surface area contributed by atoms with E-state index in [4.69, 9.17) is 11.6 Å². The first-order chi connectivity index (χ1) is 8.11. The van der Waals surface area contributed by atoms with Gasteiger partial charge in [-0.2, -0.15) is 9.90 Å². The summed E-state index contributed by atoms with van der Waals surface area (Å²) in [5.41, 5.74) is 9.38. The quantitative estimate of drug-likeness (QED) is 0.426. The Balaban J connectivity index is 2.19. The summed E-state index contributed by atoms with van der Waals surface area (Å²) in [7, 11) is 3.48. The maximum atomic E-state index is 5.88. The molecule has 2 heterocycles. The Hall–Kier alpha value is -2.00. The van der Waals surface area contributed by atoms with E-state index in [0.717, 1.165) is 5.56 Å². The molecule has 2 rings (SSSR count). The van der Waals surface area contributed by atoms with Crippen molar-refractivity contribution < 1.29 is 0 Å². The van der Waals surface area contributed by atoms with Crippen LogP contribution in [0.15, 0.2) is 6.20 Å². The minimum Gasteiger partial charge on any atom is -0.384 e. The molecule has 9 heteroatoms. The molecule has 0 amide bonds. The Bertz CT molecular complexity index is 499. The SMILES string of the molecule is Cn1nnc(CC(NN)c2cnn(C)c2N)n1. The van der Waals surface area contributed by atoms with Gasteiger partial charge in [-0.05, 0) is 5.21 Å². The van der Waals surface area contributed by atoms with Gasteiger partial charge in [-0.3, -0.25) is 16.0 Å². The highest BCUT2D eigenvalue weighted by Crippen LogP contribution is 2.21. The van der Waals surface area contributed by atoms with Crippen molar-refractivity contribution in [3.05, 3.63) is 17.6 Å². The van der Waals surface area contributed by atoms with Crippen LogP contribution < -0.4 is 17.0 Å². The maximum Gasteiger partial charge on any atom is 0.176 e. The molecule has 1 atom stereocenters. The van der Waals surface area contributed by atoms with E-state index in [9.17, 15) is 0 Å². The summed E-state index contributed by atoms with van der Waals surface area (Å²) in [5, 5.41) is 15.8. The molecule has 0 radical (unpaired) electrons. The van der Waals surface area contributed by atoms with Gasteiger partial charge in [0.2, 0.25) is 0 Å². The van der Waals surface area contributed by atoms with Crippen molar-refractivity contribution in [3.63, 3.8) is 0 Å². The first-order valence-corrected chi connectivity index (χ1v) is 5.08. The van der Waals surface area contributed by atoms with Crippen molar-refractivity contribution in [2.45, 2.75) is 12.5 Å². The summed E-state index contributed by atoms with van der Waals surface area (Å²) < 4.78 is 1.59. The van der Waals surface area contributed by atoms with Gasteiger partial charge in [0.25, 0.3) is 0 Å². The molecule has 92 valence electrons. The number of aryl methyl sites for hydroxylation is 2. The molecule has 0 saturated carbocycles. The van der Waals surface area contributed by atoms with Crippen molar-refractivity contribution in [1.29, 1.82) is 0 Å². The molecule has 0 aliphatic heterocycles. The third kappa shape index (κ3) is 2.24. The zero-order valence-electron chi connectivity index (χ0n) is 9.70. The van der Waals surface area contributed by atoms with Crippen LogP contribution in [0.5, 0.6) is 0 Å². The number of anilines is 1. The summed E-state index contributed by atoms with van der Waals surface area (Å²) in [6.45, 7) is 0. The molecule has 0 saturated heterocycles. The molecule has 5 N–H and O–H groups in total. The first kappa shape index (κ1) is 11.5. The van der Waals surface area contributed by atoms with Gasteiger partial charge in [0.05, 0.1) is 19.3 Å². The van der Waals surface area contributed by atoms with Crippen molar-refractivity contribution >= 4 is 5.82 Å². The molecule has 0 aromatic carbocycles. The molecule has 0 aliphatic carbocycles. The highest BCUT2D eigenvalue weighted by molar-refractivity contribution is 5.41. The molecule has 0 fully saturated rings. The van der Waals surface area contributed by atoms with Crippen LogP contribution in [-0.2, 0) is 20.5 Å². The van der Waals surface area contributed by atoms with Crippen LogP contribution in [0.3, 0.4) is 0 Å². The summed E-state index contributed by atoms with van der Waals surface area (Å²) in [6, 6.07) is -0.187. The number of rotatable bonds is 4. The lowest BCUT2D eigenvalue weighted by atomic mass is 10.1. The average molecular weight is 237 g/mol. The Morgan fingerprint density at radius 2 is 2.24 bits per heavy atom. The number of hydrogen-bond acceptors (Lipinski definition) is 7. The van der Waals surface area contributed by atoms with E-state index >= 15 is 0 Å². The van der Waals surface area contributed by atoms with E-state index in [0.29, 0.717) is 18.1 Å². The summed E-state index contributed by atoms with van der Waals surface area (Å²) in [4.78, 5) is 1.40. The fourth-order valence-electron chi connectivity index (χ4n) is 1.58. The van der Waals surface area contributed by atoms with Crippen LogP contribution in [0.25, 0.3) is 0 Å². The number of nitrogens with two attached hydrogens (primary N) is 2. The molecule has 0 aliphatic rings. The van der Waals surface area contributed by atoms with Crippen molar-refractivity contribution in [3.8, 4) is 0 Å². The normalized spacial score (nSPS) is 12.9. The van der Waals surface area contributed by atoms with Gasteiger partial charge in [0.15, 0.2) is 5.82 Å². The monoisotopic (exact) mass is 237 g/mol. The van der Waals surface area contributed by atoms with Crippen LogP contribution in [0.2, 0.25) is 0 Å². The van der Waals surface area contributed by atoms with E-state index in [1.54, 1.807) is 25.0 Å². The number of nitrogen functional groups attached to an aromatic ring is 1. The fourth-order valence-corrected chi connectivity index (χ4v) is 1.58. The second kappa shape index (κ2) is 4.47. The largest absolute Gasteiger partial charge is 0.384 e. The van der Waals surface area contributed by atoms with Gasteiger partial charge >= 0.3 is 0 Å². The van der Waals surface area contributed by atoms with E-state index in [-0.39, 0.29) is 6.04 Å². The van der Waals surface area contributed by atoms with Crippen molar-refractivity contribution in [2.75, 3.05) is 5.73 Å². The van der Waals surface area contributed by atoms with Crippen molar-refractivity contribution in [1.82, 2.24) is 35.4 Å². The van der Waals surface area contributed by atoms with E-state index in [1.165, 1.54) is 4.80 Å². The third-order valence-corrected chi connectivity index (χ3v) is 2.53. The van der Waals surface area contributed by atoms with Crippen molar-refractivity contribution in [2.24, 2.45) is 19.9 Å². The number of hydrogen-bond donors (Lipinski definition) is 3. The van der Waals surface area contributed by atoms with Crippen LogP contribution in [0.4, 0.5) is 5.82 Å². The number of nitrogens with zero attached hydrogens (tertiary/aromatic N) is 6. The van der Waals surface area contributed by atoms with Gasteiger partial charge in [-0.25, -0.2) is 0 Å². The Kier molecular flexibility index (Phi) is 3.02. The van der Waals surface area contributed by atoms with Crippen LogP contribution in [0, 0.1) is 0 Å². The van der Waals surface area contributed by atoms with E-state index in [1.807, 2.05) is 0 Å². The fraction of sp³-hybridized carbons (Fsp3) is 0.500. The predicted octanol–water partition coefficient (Wildman–Crippen LogP) is -1.73. The average Bonchev–Trinajstić information content (AvgIpc) is 2.85. The highest BCUT2D eigenvalue weighted by Gasteiger charge is 2.18. The Morgan fingerprint density at radius 3 is 2.71 bits per heavy atom. The third-order valence-electron chi connectivity index (χ3n) is 2.53. The standard InChI is InChI=1S/C8H15N9/c1-16-8(9)5(4-11-16)6(12-10)3-7-13-15-17(2)14-7/h4,6,12H,3,9-10H2,1-2H3. The first-order valence-electron chi connectivity index (χ1n) is 5.08. The second-order valence-electron chi connectivity index (χ2n) is 3.73. The molecule has 0 bridgehead atoms. The molecular weight excluding hydrogens is 222 g/mol. The molecule has 2 aromatic heterocycles. The molecule has 17 heavy (non-hydrogen) atoms. The summed E-state index contributed by atoms with van der Waals surface area (Å²) >= 11 is 0. The van der Waals surface area contributed by atoms with Gasteiger partial charge in [-0.1, -0.05) is 0 Å². The van der Waals surface area contributed by atoms with Gasteiger partial charge in [0.1, 0.15) is 5.82 Å². The molecule has 0 spiro atoms. The molecular formula is C8H15N9. The van der Waals surface area contributed by atoms with Gasteiger partial charge < -0.3 is 5.73 Å². The Morgan fingerprint density at radius 1 is 1.47 bits per heavy atom. The van der Waals surface area contributed by atoms with E-state index < -0.39 is 0 Å². The molecule has 1 unspecified atom stereocenters. The van der Waals surface area contributed by atoms with Gasteiger partial charge in [0, 0.05) is 19.0 Å². The number of aromatic nitrogens is 6. The molecule has 2 aromatic rings. The van der Waals surface area contributed by atoms with Crippen LogP contribution in [0.1, 0.15) is 17.4 Å². The lowest BCUT2D eigenvalue weighted by Crippen LogP contribution is -2.30. The minimum atomic E-state index is -0.187. The number of tetrazole rings is 1. The lowest BCUT2D eigenvalue weighted by Gasteiger charge is -2.12. The van der Waals surface area contributed by atoms with E-state index in [2.05, 4.69) is 25.9 Å². The zero-order chi connectivity index (χ0) is 12.4. The minimum absolute atomic E-state index is 0.187. The van der Waals surface area contributed by atoms with Crippen LogP contribution in [-0.4, -0.2) is 30.0 Å². The Labute approximate surface area is 97.7 Å². The zero-order valence-corrected chi connectivity index (χ0v) is 9.70. The summed E-state index contributed by atoms with van der Waals surface area (Å²) in [6.07, 6.45) is 2.18. The summed E-state index contributed by atoms with van der Waals surface area (Å²) in [5.74, 6) is 6.67. The highest BCUT2D eigenvalue weighted by atomic mass is 15.6. The maximum absolute atomic E-state index is 5.88. The lowest BCUT2D eigenvalue weighted by molar-refractivity contribution is 0.537.